The summed E-state index contributed by atoms with van der Waals surface area (Å²) >= 11 is 2.46. The van der Waals surface area contributed by atoms with Gasteiger partial charge in [0.25, 0.3) is 0 Å². The fourth-order valence-corrected chi connectivity index (χ4v) is 15.3. The van der Waals surface area contributed by atoms with E-state index in [0.717, 1.165) is 46.0 Å². The zero-order valence-electron chi connectivity index (χ0n) is 25.9. The van der Waals surface area contributed by atoms with Crippen molar-refractivity contribution in [2.45, 2.75) is 154 Å². The molecule has 0 radical (unpaired) electrons. The SMILES string of the molecule is C[C@@]12CCC[C@@H]1[C@@H]1CC=C3C[C@H](S[C@H]4CC[C@@]5(C)C(=CC[C@H]6[C@@H]7CCC[C@@]7(C)CC[C@@H]65)C4)CC[C@]3(C)[C@@H]1CC2. The van der Waals surface area contributed by atoms with Gasteiger partial charge in [-0.05, 0) is 160 Å². The van der Waals surface area contributed by atoms with E-state index in [4.69, 9.17) is 0 Å². The topological polar surface area (TPSA) is 0 Å². The van der Waals surface area contributed by atoms with Crippen molar-refractivity contribution >= 4 is 11.8 Å². The Morgan fingerprint density at radius 1 is 0.538 bits per heavy atom. The van der Waals surface area contributed by atoms with E-state index in [-0.39, 0.29) is 0 Å². The van der Waals surface area contributed by atoms with Crippen LogP contribution in [-0.2, 0) is 0 Å². The number of rotatable bonds is 2. The van der Waals surface area contributed by atoms with Crippen molar-refractivity contribution in [3.8, 4) is 0 Å². The maximum Gasteiger partial charge on any atom is 0.00876 e. The highest BCUT2D eigenvalue weighted by Crippen LogP contribution is 2.67. The molecule has 39 heavy (non-hydrogen) atoms. The van der Waals surface area contributed by atoms with Crippen molar-refractivity contribution in [2.24, 2.45) is 57.2 Å². The lowest BCUT2D eigenvalue weighted by atomic mass is 9.48. The van der Waals surface area contributed by atoms with Gasteiger partial charge in [-0.1, -0.05) is 63.8 Å². The van der Waals surface area contributed by atoms with Gasteiger partial charge in [0.2, 0.25) is 0 Å². The van der Waals surface area contributed by atoms with Crippen molar-refractivity contribution in [1.29, 1.82) is 0 Å². The normalized spacial score (nSPS) is 56.2. The van der Waals surface area contributed by atoms with Crippen LogP contribution < -0.4 is 0 Å². The van der Waals surface area contributed by atoms with Crippen molar-refractivity contribution in [1.82, 2.24) is 0 Å². The zero-order chi connectivity index (χ0) is 26.6. The standard InChI is InChI=1S/C38H58S/c1-35-17-5-7-31(35)29-11-9-25-23-27(13-21-37(25,3)33(29)15-19-35)39-28-14-22-38(4)26(24-28)10-12-30-32-8-6-18-36(32,2)20-16-34(30)38/h9-10,27-34H,5-8,11-24H2,1-4H3/t27-,28+,29-,30-,31-,32+,33-,34+,35-,36-,37-,38-/m0/s1. The highest BCUT2D eigenvalue weighted by molar-refractivity contribution is 8.00. The Labute approximate surface area is 245 Å². The molecule has 8 aliphatic rings. The van der Waals surface area contributed by atoms with Crippen LogP contribution in [0, 0.1) is 57.2 Å². The highest BCUT2D eigenvalue weighted by atomic mass is 32.2. The smallest absolute Gasteiger partial charge is 0.00876 e. The third-order valence-corrected chi connectivity index (χ3v) is 17.6. The van der Waals surface area contributed by atoms with E-state index < -0.39 is 0 Å². The molecule has 6 fully saturated rings. The molecule has 0 bridgehead atoms. The minimum atomic E-state index is 0.533. The quantitative estimate of drug-likeness (QED) is 0.310. The van der Waals surface area contributed by atoms with E-state index in [2.05, 4.69) is 51.6 Å². The molecule has 12 atom stereocenters. The van der Waals surface area contributed by atoms with E-state index in [1.165, 1.54) is 116 Å². The Kier molecular flexibility index (Phi) is 6.22. The second-order valence-corrected chi connectivity index (χ2v) is 19.2. The lowest BCUT2D eigenvalue weighted by molar-refractivity contribution is -0.0249. The molecule has 0 N–H and O–H groups in total. The molecule has 0 aromatic rings. The van der Waals surface area contributed by atoms with E-state index in [0.29, 0.717) is 21.7 Å². The fraction of sp³-hybridized carbons (Fsp3) is 0.895. The van der Waals surface area contributed by atoms with Gasteiger partial charge >= 0.3 is 0 Å². The van der Waals surface area contributed by atoms with Crippen molar-refractivity contribution in [3.05, 3.63) is 23.3 Å². The second-order valence-electron chi connectivity index (χ2n) is 17.6. The number of allylic oxidation sites excluding steroid dienone is 4. The largest absolute Gasteiger partial charge is 0.154 e. The minimum Gasteiger partial charge on any atom is -0.154 e. The molecule has 8 rings (SSSR count). The molecule has 0 saturated heterocycles. The predicted molar refractivity (Wildman–Crippen MR) is 168 cm³/mol. The molecular weight excluding hydrogens is 488 g/mol. The Bertz CT molecular complexity index is 971. The van der Waals surface area contributed by atoms with Crippen molar-refractivity contribution < 1.29 is 0 Å². The summed E-state index contributed by atoms with van der Waals surface area (Å²) in [7, 11) is 0. The van der Waals surface area contributed by atoms with Crippen LogP contribution in [0.5, 0.6) is 0 Å². The summed E-state index contributed by atoms with van der Waals surface area (Å²) in [6.45, 7) is 10.8. The average Bonchev–Trinajstić information content (AvgIpc) is 3.51. The summed E-state index contributed by atoms with van der Waals surface area (Å²) in [5, 5.41) is 1.78. The van der Waals surface area contributed by atoms with Gasteiger partial charge in [0, 0.05) is 10.5 Å². The average molecular weight is 547 g/mol. The third kappa shape index (κ3) is 3.88. The van der Waals surface area contributed by atoms with Gasteiger partial charge in [-0.2, -0.15) is 11.8 Å². The number of hydrogen-bond donors (Lipinski definition) is 0. The van der Waals surface area contributed by atoms with Crippen molar-refractivity contribution in [3.63, 3.8) is 0 Å². The number of fused-ring (bicyclic) bond motifs is 10. The molecule has 1 heteroatoms. The monoisotopic (exact) mass is 546 g/mol. The van der Waals surface area contributed by atoms with Crippen LogP contribution in [0.25, 0.3) is 0 Å². The van der Waals surface area contributed by atoms with Gasteiger partial charge in [0.15, 0.2) is 0 Å². The van der Waals surface area contributed by atoms with Crippen molar-refractivity contribution in [2.75, 3.05) is 0 Å². The summed E-state index contributed by atoms with van der Waals surface area (Å²) in [5.74, 6) is 6.06. The first-order chi connectivity index (χ1) is 18.7. The number of hydrogen-bond acceptors (Lipinski definition) is 1. The molecule has 0 spiro atoms. The maximum absolute atomic E-state index is 2.82. The molecule has 0 amide bonds. The highest BCUT2D eigenvalue weighted by Gasteiger charge is 2.57. The maximum atomic E-state index is 2.82. The first kappa shape index (κ1) is 26.5. The summed E-state index contributed by atoms with van der Waals surface area (Å²) in [6.07, 6.45) is 32.5. The van der Waals surface area contributed by atoms with Crippen LogP contribution in [0.4, 0.5) is 0 Å². The molecule has 216 valence electrons. The molecule has 6 saturated carbocycles. The van der Waals surface area contributed by atoms with E-state index in [1.54, 1.807) is 0 Å². The molecule has 0 unspecified atom stereocenters. The van der Waals surface area contributed by atoms with Crippen LogP contribution >= 0.6 is 11.8 Å². The lowest BCUT2D eigenvalue weighted by Crippen LogP contribution is -2.49. The Morgan fingerprint density at radius 3 is 1.46 bits per heavy atom. The van der Waals surface area contributed by atoms with Crippen LogP contribution in [0.15, 0.2) is 23.3 Å². The van der Waals surface area contributed by atoms with Gasteiger partial charge in [-0.3, -0.25) is 0 Å². The fourth-order valence-electron chi connectivity index (χ4n) is 13.7. The number of thioether (sulfide) groups is 1. The van der Waals surface area contributed by atoms with Gasteiger partial charge in [-0.25, -0.2) is 0 Å². The Hall–Kier alpha value is -0.170. The molecule has 0 heterocycles. The van der Waals surface area contributed by atoms with E-state index >= 15 is 0 Å². The Balaban J connectivity index is 0.942. The summed E-state index contributed by atoms with van der Waals surface area (Å²) in [4.78, 5) is 0. The van der Waals surface area contributed by atoms with Crippen LogP contribution in [0.1, 0.15) is 143 Å². The summed E-state index contributed by atoms with van der Waals surface area (Å²) < 4.78 is 0. The van der Waals surface area contributed by atoms with Gasteiger partial charge in [-0.15, -0.1) is 0 Å². The summed E-state index contributed by atoms with van der Waals surface area (Å²) in [6, 6.07) is 0. The molecule has 0 nitrogen and oxygen atoms in total. The lowest BCUT2D eigenvalue weighted by Gasteiger charge is -2.58. The zero-order valence-corrected chi connectivity index (χ0v) is 26.7. The first-order valence-electron chi connectivity index (χ1n) is 17.8. The first-order valence-corrected chi connectivity index (χ1v) is 18.7. The molecule has 0 aromatic carbocycles. The second kappa shape index (κ2) is 9.16. The van der Waals surface area contributed by atoms with Gasteiger partial charge in [0.05, 0.1) is 0 Å². The minimum absolute atomic E-state index is 0.533. The van der Waals surface area contributed by atoms with Crippen LogP contribution in [-0.4, -0.2) is 10.5 Å². The molecular formula is C38H58S. The van der Waals surface area contributed by atoms with Gasteiger partial charge in [0.1, 0.15) is 0 Å². The summed E-state index contributed by atoms with van der Waals surface area (Å²) in [5.41, 5.74) is 6.27. The molecule has 8 aliphatic carbocycles. The van der Waals surface area contributed by atoms with Crippen LogP contribution in [0.3, 0.4) is 0 Å². The van der Waals surface area contributed by atoms with E-state index in [1.807, 2.05) is 11.1 Å². The van der Waals surface area contributed by atoms with Crippen LogP contribution in [0.2, 0.25) is 0 Å². The van der Waals surface area contributed by atoms with E-state index in [9.17, 15) is 0 Å². The third-order valence-electron chi connectivity index (χ3n) is 16.1. The molecule has 0 aromatic heterocycles. The van der Waals surface area contributed by atoms with Gasteiger partial charge < -0.3 is 0 Å². The predicted octanol–water partition coefficient (Wildman–Crippen LogP) is 11.2. The Morgan fingerprint density at radius 2 is 1.00 bits per heavy atom. The molecule has 0 aliphatic heterocycles.